The maximum absolute atomic E-state index is 6.72. The Morgan fingerprint density at radius 2 is 1.89 bits per heavy atom. The Balaban J connectivity index is 1.79. The molecular weight excluding hydrogens is 369 g/mol. The van der Waals surface area contributed by atoms with E-state index in [9.17, 15) is 0 Å². The molecule has 3 rings (SSSR count). The second kappa shape index (κ2) is 8.58. The van der Waals surface area contributed by atoms with Crippen molar-refractivity contribution < 1.29 is 18.7 Å². The van der Waals surface area contributed by atoms with E-state index < -0.39 is 8.32 Å². The largest absolute Gasteiger partial charge is 0.409 e. The first-order valence-corrected chi connectivity index (χ1v) is 13.2. The van der Waals surface area contributed by atoms with Gasteiger partial charge in [0.05, 0.1) is 18.8 Å². The van der Waals surface area contributed by atoms with Crippen molar-refractivity contribution in [2.24, 2.45) is 0 Å². The molecule has 2 aliphatic rings. The number of hydrogen-bond donors (Lipinski definition) is 0. The summed E-state index contributed by atoms with van der Waals surface area (Å²) in [5, 5.41) is 2.09. The topological polar surface area (TPSA) is 40.2 Å². The summed E-state index contributed by atoms with van der Waals surface area (Å²) in [5.74, 6) is 0. The quantitative estimate of drug-likeness (QED) is 0.699. The Morgan fingerprint density at radius 1 is 1.21 bits per heavy atom. The van der Waals surface area contributed by atoms with Crippen LogP contribution in [0.1, 0.15) is 39.7 Å². The van der Waals surface area contributed by atoms with Gasteiger partial charge in [0, 0.05) is 12.5 Å². The third-order valence-corrected chi connectivity index (χ3v) is 10.6. The van der Waals surface area contributed by atoms with Crippen LogP contribution in [0.3, 0.4) is 0 Å². The fourth-order valence-electron chi connectivity index (χ4n) is 3.53. The van der Waals surface area contributed by atoms with Crippen molar-refractivity contribution in [3.05, 3.63) is 35.9 Å². The lowest BCUT2D eigenvalue weighted by Gasteiger charge is -2.46. The van der Waals surface area contributed by atoms with E-state index in [-0.39, 0.29) is 35.6 Å². The second-order valence-electron chi connectivity index (χ2n) is 9.43. The predicted octanol–water partition coefficient (Wildman–Crippen LogP) is 3.84. The van der Waals surface area contributed by atoms with Crippen molar-refractivity contribution in [1.82, 2.24) is 5.06 Å². The van der Waals surface area contributed by atoms with Crippen LogP contribution in [-0.4, -0.2) is 58.4 Å². The second-order valence-corrected chi connectivity index (χ2v) is 14.2. The first-order valence-electron chi connectivity index (χ1n) is 10.2. The van der Waals surface area contributed by atoms with Crippen molar-refractivity contribution in [1.29, 1.82) is 0 Å². The van der Waals surface area contributed by atoms with E-state index in [0.717, 1.165) is 0 Å². The van der Waals surface area contributed by atoms with Gasteiger partial charge in [-0.3, -0.25) is 0 Å². The molecule has 28 heavy (non-hydrogen) atoms. The molecule has 5 nitrogen and oxygen atoms in total. The Labute approximate surface area is 172 Å². The van der Waals surface area contributed by atoms with Crippen LogP contribution in [0.15, 0.2) is 30.3 Å². The average Bonchev–Trinajstić information content (AvgIpc) is 2.96. The molecule has 1 aromatic carbocycles. The fourth-order valence-corrected chi connectivity index (χ4v) is 4.85. The lowest BCUT2D eigenvalue weighted by molar-refractivity contribution is -0.270. The molecule has 154 valence electrons. The Bertz CT molecular complexity index is 639. The van der Waals surface area contributed by atoms with Crippen LogP contribution in [0.5, 0.6) is 0 Å². The molecule has 0 bridgehead atoms. The van der Waals surface area contributed by atoms with Gasteiger partial charge in [0.2, 0.25) is 0 Å². The van der Waals surface area contributed by atoms with Gasteiger partial charge in [0.25, 0.3) is 0 Å². The van der Waals surface area contributed by atoms with Crippen LogP contribution < -0.4 is 0 Å². The molecule has 0 N–H and O–H groups in total. The highest BCUT2D eigenvalue weighted by atomic mass is 28.4. The summed E-state index contributed by atoms with van der Waals surface area (Å²) in [7, 11) is 4.20. The zero-order valence-corrected chi connectivity index (χ0v) is 19.1. The minimum atomic E-state index is -1.97. The fraction of sp³-hybridized carbons (Fsp3) is 0.714. The Hall–Kier alpha value is -0.698. The summed E-state index contributed by atoms with van der Waals surface area (Å²) in [5.41, 5.74) is 1.18. The minimum Gasteiger partial charge on any atom is -0.409 e. The summed E-state index contributed by atoms with van der Waals surface area (Å²) in [4.78, 5) is 5.96. The van der Waals surface area contributed by atoms with E-state index in [1.807, 2.05) is 30.2 Å². The molecule has 2 heterocycles. The first kappa shape index (κ1) is 22.0. The molecule has 0 aliphatic carbocycles. The maximum Gasteiger partial charge on any atom is 0.192 e. The number of hydroxylamine groups is 2. The molecule has 2 fully saturated rings. The monoisotopic (exact) mass is 403 g/mol. The summed E-state index contributed by atoms with van der Waals surface area (Å²) < 4.78 is 18.8. The Morgan fingerprint density at radius 3 is 2.54 bits per heavy atom. The molecule has 1 aromatic rings. The SMILES string of the molecule is [B][C@H]1C[C@@H]([C@@H]2O[C@H](C)OC[C@H]2O[Si](C)(C)C(C)(C)C)N(Cc2ccccc2)O1. The zero-order chi connectivity index (χ0) is 20.5. The minimum absolute atomic E-state index is 0.0244. The highest BCUT2D eigenvalue weighted by Crippen LogP contribution is 2.40. The van der Waals surface area contributed by atoms with Gasteiger partial charge >= 0.3 is 0 Å². The highest BCUT2D eigenvalue weighted by Gasteiger charge is 2.48. The van der Waals surface area contributed by atoms with Gasteiger partial charge < -0.3 is 18.7 Å². The standard InChI is InChI=1S/C21H34BNO4Si/c1-15-24-14-18(27-28(5,6)21(2,3)4)20(25-15)17-12-19(22)26-23(17)13-16-10-8-7-9-11-16/h7-11,15,17-20H,12-14H2,1-6H3/t15-,17+,18-,19-,20+/m1/s1. The third-order valence-electron chi connectivity index (χ3n) is 6.14. The van der Waals surface area contributed by atoms with Crippen molar-refractivity contribution in [2.45, 2.75) is 89.3 Å². The molecule has 0 amide bonds. The lowest BCUT2D eigenvalue weighted by Crippen LogP contribution is -2.57. The normalized spacial score (nSPS) is 32.6. The smallest absolute Gasteiger partial charge is 0.192 e. The molecule has 2 aliphatic heterocycles. The number of nitrogens with zero attached hydrogens (tertiary/aromatic N) is 1. The van der Waals surface area contributed by atoms with Crippen LogP contribution in [0, 0.1) is 0 Å². The molecule has 2 radical (unpaired) electrons. The molecule has 5 atom stereocenters. The first-order chi connectivity index (χ1) is 13.1. The Kier molecular flexibility index (Phi) is 6.74. The summed E-state index contributed by atoms with van der Waals surface area (Å²) in [6.45, 7) is 14.4. The summed E-state index contributed by atoms with van der Waals surface area (Å²) >= 11 is 0. The van der Waals surface area contributed by atoms with Gasteiger partial charge in [0.1, 0.15) is 14.0 Å². The molecular formula is C21H34BNO4Si. The van der Waals surface area contributed by atoms with Crippen molar-refractivity contribution >= 4 is 16.2 Å². The van der Waals surface area contributed by atoms with Crippen molar-refractivity contribution in [3.8, 4) is 0 Å². The van der Waals surface area contributed by atoms with Crippen LogP contribution in [0.2, 0.25) is 18.1 Å². The lowest BCUT2D eigenvalue weighted by atomic mass is 9.90. The average molecular weight is 403 g/mol. The maximum atomic E-state index is 6.72. The predicted molar refractivity (Wildman–Crippen MR) is 113 cm³/mol. The number of ether oxygens (including phenoxy) is 2. The van der Waals surface area contributed by atoms with Gasteiger partial charge in [-0.2, -0.15) is 5.06 Å². The number of rotatable bonds is 5. The van der Waals surface area contributed by atoms with Crippen molar-refractivity contribution in [2.75, 3.05) is 6.61 Å². The van der Waals surface area contributed by atoms with E-state index in [0.29, 0.717) is 19.6 Å². The molecule has 0 saturated carbocycles. The zero-order valence-electron chi connectivity index (χ0n) is 18.1. The number of benzene rings is 1. The van der Waals surface area contributed by atoms with E-state index in [2.05, 4.69) is 46.0 Å². The van der Waals surface area contributed by atoms with E-state index in [4.69, 9.17) is 26.6 Å². The van der Waals surface area contributed by atoms with Gasteiger partial charge in [-0.25, -0.2) is 0 Å². The van der Waals surface area contributed by atoms with Gasteiger partial charge in [0.15, 0.2) is 14.6 Å². The van der Waals surface area contributed by atoms with Crippen molar-refractivity contribution in [3.63, 3.8) is 0 Å². The van der Waals surface area contributed by atoms with E-state index in [1.165, 1.54) is 5.56 Å². The van der Waals surface area contributed by atoms with Crippen LogP contribution >= 0.6 is 0 Å². The van der Waals surface area contributed by atoms with Gasteiger partial charge in [-0.05, 0) is 37.0 Å². The van der Waals surface area contributed by atoms with Crippen LogP contribution in [0.4, 0.5) is 0 Å². The van der Waals surface area contributed by atoms with Gasteiger partial charge in [-0.15, -0.1) is 0 Å². The number of hydrogen-bond acceptors (Lipinski definition) is 5. The highest BCUT2D eigenvalue weighted by molar-refractivity contribution is 6.74. The van der Waals surface area contributed by atoms with Crippen LogP contribution in [-0.2, 0) is 25.3 Å². The molecule has 0 aromatic heterocycles. The molecule has 0 spiro atoms. The summed E-state index contributed by atoms with van der Waals surface area (Å²) in [6.07, 6.45) is 0.172. The molecule has 2 saturated heterocycles. The third kappa shape index (κ3) is 5.07. The molecule has 7 heteroatoms. The summed E-state index contributed by atoms with van der Waals surface area (Å²) in [6, 6.07) is 9.99. The molecule has 0 unspecified atom stereocenters. The van der Waals surface area contributed by atoms with Crippen LogP contribution in [0.25, 0.3) is 0 Å². The van der Waals surface area contributed by atoms with E-state index in [1.54, 1.807) is 0 Å². The van der Waals surface area contributed by atoms with Gasteiger partial charge in [-0.1, -0.05) is 51.1 Å². The van der Waals surface area contributed by atoms with E-state index >= 15 is 0 Å².